The van der Waals surface area contributed by atoms with Gasteiger partial charge in [-0.05, 0) is 24.6 Å². The van der Waals surface area contributed by atoms with Crippen LogP contribution < -0.4 is 5.32 Å². The Bertz CT molecular complexity index is 531. The molecule has 0 unspecified atom stereocenters. The van der Waals surface area contributed by atoms with Crippen molar-refractivity contribution in [2.45, 2.75) is 13.5 Å². The van der Waals surface area contributed by atoms with E-state index in [-0.39, 0.29) is 5.02 Å². The summed E-state index contributed by atoms with van der Waals surface area (Å²) in [5.74, 6) is 0.305. The average Bonchev–Trinajstić information content (AvgIpc) is 2.32. The third kappa shape index (κ3) is 2.91. The van der Waals surface area contributed by atoms with Crippen molar-refractivity contribution in [3.05, 3.63) is 52.7 Å². The minimum absolute atomic E-state index is 0.125. The highest BCUT2D eigenvalue weighted by atomic mass is 35.5. The summed E-state index contributed by atoms with van der Waals surface area (Å²) < 4.78 is 13.0. The molecule has 0 fully saturated rings. The SMILES string of the molecule is Cc1nccnc1NCc1ccc(F)c(Cl)c1. The van der Waals surface area contributed by atoms with Crippen LogP contribution in [0.3, 0.4) is 0 Å². The summed E-state index contributed by atoms with van der Waals surface area (Å²) in [5, 5.41) is 3.25. The minimum Gasteiger partial charge on any atom is -0.364 e. The second kappa shape index (κ2) is 5.10. The van der Waals surface area contributed by atoms with Gasteiger partial charge in [-0.3, -0.25) is 4.98 Å². The van der Waals surface area contributed by atoms with E-state index in [0.717, 1.165) is 11.3 Å². The van der Waals surface area contributed by atoms with Crippen molar-refractivity contribution in [3.8, 4) is 0 Å². The lowest BCUT2D eigenvalue weighted by Gasteiger charge is -2.07. The monoisotopic (exact) mass is 251 g/mol. The van der Waals surface area contributed by atoms with E-state index in [0.29, 0.717) is 12.4 Å². The Labute approximate surface area is 104 Å². The van der Waals surface area contributed by atoms with Crippen molar-refractivity contribution in [1.82, 2.24) is 9.97 Å². The summed E-state index contributed by atoms with van der Waals surface area (Å²) in [6, 6.07) is 4.62. The smallest absolute Gasteiger partial charge is 0.147 e. The molecular formula is C12H11ClFN3. The predicted octanol–water partition coefficient (Wildman–Crippen LogP) is 3.19. The van der Waals surface area contributed by atoms with Crippen LogP contribution >= 0.6 is 11.6 Å². The Balaban J connectivity index is 2.08. The lowest BCUT2D eigenvalue weighted by molar-refractivity contribution is 0.627. The first-order chi connectivity index (χ1) is 8.16. The zero-order valence-electron chi connectivity index (χ0n) is 9.24. The second-order valence-corrected chi connectivity index (χ2v) is 4.00. The zero-order chi connectivity index (χ0) is 12.3. The highest BCUT2D eigenvalue weighted by Crippen LogP contribution is 2.17. The summed E-state index contributed by atoms with van der Waals surface area (Å²) in [6.45, 7) is 2.40. The van der Waals surface area contributed by atoms with Gasteiger partial charge in [-0.25, -0.2) is 9.37 Å². The van der Waals surface area contributed by atoms with Gasteiger partial charge in [0, 0.05) is 18.9 Å². The maximum absolute atomic E-state index is 13.0. The van der Waals surface area contributed by atoms with Crippen molar-refractivity contribution >= 4 is 17.4 Å². The number of halogens is 2. The third-order valence-electron chi connectivity index (χ3n) is 2.33. The van der Waals surface area contributed by atoms with Gasteiger partial charge < -0.3 is 5.32 Å². The molecule has 0 aliphatic carbocycles. The zero-order valence-corrected chi connectivity index (χ0v) is 10.0. The minimum atomic E-state index is -0.411. The van der Waals surface area contributed by atoms with Gasteiger partial charge >= 0.3 is 0 Å². The molecule has 0 bridgehead atoms. The van der Waals surface area contributed by atoms with Gasteiger partial charge in [-0.15, -0.1) is 0 Å². The average molecular weight is 252 g/mol. The first-order valence-electron chi connectivity index (χ1n) is 5.12. The molecule has 1 heterocycles. The van der Waals surface area contributed by atoms with Gasteiger partial charge in [0.2, 0.25) is 0 Å². The molecule has 2 aromatic rings. The Morgan fingerprint density at radius 1 is 1.29 bits per heavy atom. The Hall–Kier alpha value is -1.68. The standard InChI is InChI=1S/C12H11ClFN3/c1-8-12(16-5-4-15-8)17-7-9-2-3-11(14)10(13)6-9/h2-6H,7H2,1H3,(H,16,17). The molecule has 0 amide bonds. The molecule has 3 nitrogen and oxygen atoms in total. The lowest BCUT2D eigenvalue weighted by atomic mass is 10.2. The van der Waals surface area contributed by atoms with Crippen LogP contribution in [0.1, 0.15) is 11.3 Å². The van der Waals surface area contributed by atoms with Gasteiger partial charge in [0.05, 0.1) is 10.7 Å². The van der Waals surface area contributed by atoms with Gasteiger partial charge in [-0.2, -0.15) is 0 Å². The van der Waals surface area contributed by atoms with Gasteiger partial charge in [0.15, 0.2) is 0 Å². The van der Waals surface area contributed by atoms with E-state index in [1.165, 1.54) is 6.07 Å². The first-order valence-corrected chi connectivity index (χ1v) is 5.50. The number of hydrogen-bond donors (Lipinski definition) is 1. The lowest BCUT2D eigenvalue weighted by Crippen LogP contribution is -2.04. The van der Waals surface area contributed by atoms with E-state index in [1.807, 2.05) is 6.92 Å². The molecule has 2 rings (SSSR count). The fourth-order valence-corrected chi connectivity index (χ4v) is 1.62. The number of aromatic nitrogens is 2. The molecule has 0 aliphatic rings. The molecule has 17 heavy (non-hydrogen) atoms. The van der Waals surface area contributed by atoms with Crippen LogP contribution in [0.2, 0.25) is 5.02 Å². The summed E-state index contributed by atoms with van der Waals surface area (Å²) in [4.78, 5) is 8.26. The molecule has 0 aliphatic heterocycles. The molecule has 1 aromatic heterocycles. The van der Waals surface area contributed by atoms with Crippen LogP contribution in [0.4, 0.5) is 10.2 Å². The van der Waals surface area contributed by atoms with Crippen LogP contribution in [-0.4, -0.2) is 9.97 Å². The third-order valence-corrected chi connectivity index (χ3v) is 2.61. The quantitative estimate of drug-likeness (QED) is 0.910. The number of nitrogens with zero attached hydrogens (tertiary/aromatic N) is 2. The summed E-state index contributed by atoms with van der Waals surface area (Å²) in [7, 11) is 0. The summed E-state index contributed by atoms with van der Waals surface area (Å²) in [5.41, 5.74) is 1.71. The van der Waals surface area contributed by atoms with Crippen LogP contribution in [0.15, 0.2) is 30.6 Å². The highest BCUT2D eigenvalue weighted by Gasteiger charge is 2.02. The molecule has 1 aromatic carbocycles. The van der Waals surface area contributed by atoms with E-state index in [2.05, 4.69) is 15.3 Å². The molecule has 0 saturated carbocycles. The largest absolute Gasteiger partial charge is 0.364 e. The Morgan fingerprint density at radius 2 is 2.06 bits per heavy atom. The number of hydrogen-bond acceptors (Lipinski definition) is 3. The maximum atomic E-state index is 13.0. The van der Waals surface area contributed by atoms with Crippen LogP contribution in [0.25, 0.3) is 0 Å². The molecular weight excluding hydrogens is 241 g/mol. The Morgan fingerprint density at radius 3 is 2.76 bits per heavy atom. The fourth-order valence-electron chi connectivity index (χ4n) is 1.42. The predicted molar refractivity (Wildman–Crippen MR) is 65.5 cm³/mol. The number of rotatable bonds is 3. The second-order valence-electron chi connectivity index (χ2n) is 3.59. The van der Waals surface area contributed by atoms with E-state index < -0.39 is 5.82 Å². The van der Waals surface area contributed by atoms with Crippen LogP contribution in [0.5, 0.6) is 0 Å². The van der Waals surface area contributed by atoms with Gasteiger partial charge in [0.1, 0.15) is 11.6 Å². The fraction of sp³-hybridized carbons (Fsp3) is 0.167. The van der Waals surface area contributed by atoms with Crippen LogP contribution in [-0.2, 0) is 6.54 Å². The first kappa shape index (κ1) is 11.8. The van der Waals surface area contributed by atoms with Crippen molar-refractivity contribution in [3.63, 3.8) is 0 Å². The molecule has 88 valence electrons. The van der Waals surface area contributed by atoms with E-state index in [4.69, 9.17) is 11.6 Å². The van der Waals surface area contributed by atoms with E-state index in [1.54, 1.807) is 24.5 Å². The molecule has 0 spiro atoms. The topological polar surface area (TPSA) is 37.8 Å². The molecule has 0 saturated heterocycles. The van der Waals surface area contributed by atoms with Crippen molar-refractivity contribution in [1.29, 1.82) is 0 Å². The highest BCUT2D eigenvalue weighted by molar-refractivity contribution is 6.30. The maximum Gasteiger partial charge on any atom is 0.147 e. The molecule has 1 N–H and O–H groups in total. The van der Waals surface area contributed by atoms with Crippen LogP contribution in [0, 0.1) is 12.7 Å². The number of nitrogens with one attached hydrogen (secondary N) is 1. The van der Waals surface area contributed by atoms with Crippen molar-refractivity contribution in [2.75, 3.05) is 5.32 Å². The summed E-state index contributed by atoms with van der Waals surface area (Å²) in [6.07, 6.45) is 3.25. The normalized spacial score (nSPS) is 10.3. The molecule has 5 heteroatoms. The number of benzene rings is 1. The molecule has 0 radical (unpaired) electrons. The van der Waals surface area contributed by atoms with Crippen molar-refractivity contribution < 1.29 is 4.39 Å². The van der Waals surface area contributed by atoms with Crippen molar-refractivity contribution in [2.24, 2.45) is 0 Å². The number of anilines is 1. The summed E-state index contributed by atoms with van der Waals surface area (Å²) >= 11 is 5.70. The van der Waals surface area contributed by atoms with Gasteiger partial charge in [0.25, 0.3) is 0 Å². The van der Waals surface area contributed by atoms with Gasteiger partial charge in [-0.1, -0.05) is 17.7 Å². The molecule has 0 atom stereocenters. The Kier molecular flexibility index (Phi) is 3.54. The van der Waals surface area contributed by atoms with E-state index >= 15 is 0 Å². The van der Waals surface area contributed by atoms with E-state index in [9.17, 15) is 4.39 Å². The number of aryl methyl sites for hydroxylation is 1.